The highest BCUT2D eigenvalue weighted by molar-refractivity contribution is 5.97. The first-order chi connectivity index (χ1) is 1.91. The van der Waals surface area contributed by atoms with E-state index in [1.807, 2.05) is 6.92 Å². The molecule has 0 aliphatic rings. The maximum absolute atomic E-state index is 4.35. The second kappa shape index (κ2) is 27.8. The number of hydrogen-bond acceptors (Lipinski definition) is 1. The van der Waals surface area contributed by atoms with Gasteiger partial charge in [0.05, 0.1) is 0 Å². The Morgan fingerprint density at radius 1 is 1.29 bits per heavy atom. The van der Waals surface area contributed by atoms with Crippen LogP contribution in [-0.4, -0.2) is 17.1 Å². The normalized spacial score (nSPS) is 4.29. The molecule has 0 N–H and O–H groups in total. The maximum atomic E-state index is 4.35. The zero-order chi connectivity index (χ0) is 3.41. The van der Waals surface area contributed by atoms with Gasteiger partial charge in [0.1, 0.15) is 0 Å². The van der Waals surface area contributed by atoms with Gasteiger partial charge in [-0.2, -0.15) is 0 Å². The average molecular weight is 183 g/mol. The van der Waals surface area contributed by atoms with E-state index >= 15 is 0 Å². The fourth-order valence-electron chi connectivity index (χ4n) is 0. The van der Waals surface area contributed by atoms with E-state index in [-0.39, 0.29) is 37.2 Å². The summed E-state index contributed by atoms with van der Waals surface area (Å²) in [6.45, 7) is 2.64. The van der Waals surface area contributed by atoms with Crippen LogP contribution in [0.15, 0.2) is 0 Å². The molecule has 0 amide bonds. The summed E-state index contributed by atoms with van der Waals surface area (Å²) in [5.74, 6) is 0. The molecule has 0 fully saturated rings. The zero-order valence-corrected chi connectivity index (χ0v) is 7.29. The Morgan fingerprint density at radius 2 is 1.43 bits per heavy atom. The van der Waals surface area contributed by atoms with E-state index in [0.29, 0.717) is 0 Å². The minimum atomic E-state index is 0. The lowest BCUT2D eigenvalue weighted by molar-refractivity contribution is 0.375. The first-order valence-corrected chi connectivity index (χ1v) is 1.61. The van der Waals surface area contributed by atoms with Crippen LogP contribution in [-0.2, 0) is 4.43 Å². The second-order valence-corrected chi connectivity index (χ2v) is 0.722. The first kappa shape index (κ1) is 24.4. The lowest BCUT2D eigenvalue weighted by Crippen LogP contribution is -1.76. The molecular weight excluding hydrogens is 174 g/mol. The minimum absolute atomic E-state index is 0. The maximum Gasteiger partial charge on any atom is 0.246 e. The molecule has 0 aromatic carbocycles. The molecule has 47 valence electrons. The molecule has 0 spiro atoms. The van der Waals surface area contributed by atoms with Gasteiger partial charge in [0.15, 0.2) is 0 Å². The molecule has 0 saturated carbocycles. The summed E-state index contributed by atoms with van der Waals surface area (Å²) in [7, 11) is 2.79. The van der Waals surface area contributed by atoms with Gasteiger partial charge in [0.25, 0.3) is 0 Å². The number of halogens is 3. The van der Waals surface area contributed by atoms with Crippen LogP contribution in [0.2, 0.25) is 0 Å². The molecule has 1 nitrogen and oxygen atoms in total. The summed E-state index contributed by atoms with van der Waals surface area (Å²) in [6.07, 6.45) is 0. The molecule has 5 heteroatoms. The molecule has 0 saturated heterocycles. The fraction of sp³-hybridized carbons (Fsp3) is 1.00. The molecule has 3 radical (unpaired) electrons. The molecule has 0 aromatic heterocycles. The van der Waals surface area contributed by atoms with E-state index < -0.39 is 0 Å². The van der Waals surface area contributed by atoms with E-state index in [2.05, 4.69) is 14.9 Å². The Labute approximate surface area is 66.0 Å². The van der Waals surface area contributed by atoms with E-state index in [1.165, 1.54) is 0 Å². The highest BCUT2D eigenvalue weighted by Crippen LogP contribution is 1.50. The lowest BCUT2D eigenvalue weighted by atomic mass is 10.9. The van der Waals surface area contributed by atoms with Crippen molar-refractivity contribution in [2.24, 2.45) is 0 Å². The third-order valence-electron chi connectivity index (χ3n) is 0.144. The van der Waals surface area contributed by atoms with Gasteiger partial charge in [-0.25, -0.2) is 0 Å². The summed E-state index contributed by atoms with van der Waals surface area (Å²) in [5.41, 5.74) is 0. The fourth-order valence-corrected chi connectivity index (χ4v) is 0. The van der Waals surface area contributed by atoms with Crippen molar-refractivity contribution < 1.29 is 4.43 Å². The quantitative estimate of drug-likeness (QED) is 0.557. The smallest absolute Gasteiger partial charge is 0.246 e. The van der Waals surface area contributed by atoms with Crippen LogP contribution in [0.25, 0.3) is 0 Å². The standard InChI is InChI=1S/C2H5OSi.3ClH/c1-2-3-4;;;/h2H2,1H3;3*1H. The van der Waals surface area contributed by atoms with Crippen molar-refractivity contribution in [3.05, 3.63) is 0 Å². The molecule has 0 aliphatic carbocycles. The summed E-state index contributed by atoms with van der Waals surface area (Å²) >= 11 is 0. The first-order valence-electron chi connectivity index (χ1n) is 1.20. The molecule has 0 heterocycles. The number of hydrogen-bond donors (Lipinski definition) is 0. The Morgan fingerprint density at radius 3 is 1.43 bits per heavy atom. The van der Waals surface area contributed by atoms with Crippen molar-refractivity contribution in [1.82, 2.24) is 0 Å². The predicted octanol–water partition coefficient (Wildman–Crippen LogP) is 1.37. The van der Waals surface area contributed by atoms with Crippen LogP contribution in [0.1, 0.15) is 6.92 Å². The third kappa shape index (κ3) is 42.8. The molecular formula is C2H8Cl3OSi. The van der Waals surface area contributed by atoms with Gasteiger partial charge in [0, 0.05) is 6.61 Å². The van der Waals surface area contributed by atoms with Crippen LogP contribution in [0.5, 0.6) is 0 Å². The van der Waals surface area contributed by atoms with Crippen LogP contribution < -0.4 is 0 Å². The average Bonchev–Trinajstić information content (AvgIpc) is 1.37. The second-order valence-electron chi connectivity index (χ2n) is 0.433. The topological polar surface area (TPSA) is 9.23 Å². The van der Waals surface area contributed by atoms with Crippen LogP contribution in [0.4, 0.5) is 0 Å². The van der Waals surface area contributed by atoms with Crippen molar-refractivity contribution in [3.8, 4) is 0 Å². The highest BCUT2D eigenvalue weighted by Gasteiger charge is 1.53. The monoisotopic (exact) mass is 181 g/mol. The van der Waals surface area contributed by atoms with Crippen LogP contribution in [0.3, 0.4) is 0 Å². The molecule has 0 bridgehead atoms. The predicted molar refractivity (Wildman–Crippen MR) is 39.1 cm³/mol. The summed E-state index contributed by atoms with van der Waals surface area (Å²) in [6, 6.07) is 0. The molecule has 0 aromatic rings. The van der Waals surface area contributed by atoms with E-state index in [9.17, 15) is 0 Å². The Hall–Kier alpha value is 1.05. The zero-order valence-electron chi connectivity index (χ0n) is 3.84. The number of rotatable bonds is 1. The van der Waals surface area contributed by atoms with Gasteiger partial charge in [-0.15, -0.1) is 37.2 Å². The van der Waals surface area contributed by atoms with Gasteiger partial charge in [-0.05, 0) is 6.92 Å². The van der Waals surface area contributed by atoms with Crippen LogP contribution in [0, 0.1) is 0 Å². The van der Waals surface area contributed by atoms with Gasteiger partial charge < -0.3 is 4.43 Å². The van der Waals surface area contributed by atoms with Gasteiger partial charge >= 0.3 is 0 Å². The summed E-state index contributed by atoms with van der Waals surface area (Å²) in [5, 5.41) is 0. The largest absolute Gasteiger partial charge is 0.419 e. The Balaban J connectivity index is -0.0000000150. The van der Waals surface area contributed by atoms with Crippen molar-refractivity contribution in [2.75, 3.05) is 6.61 Å². The van der Waals surface area contributed by atoms with Crippen molar-refractivity contribution >= 4 is 47.7 Å². The molecule has 0 atom stereocenters. The summed E-state index contributed by atoms with van der Waals surface area (Å²) < 4.78 is 4.35. The molecule has 7 heavy (non-hydrogen) atoms. The molecule has 0 unspecified atom stereocenters. The van der Waals surface area contributed by atoms with E-state index in [4.69, 9.17) is 0 Å². The Kier molecular flexibility index (Phi) is 96.7. The third-order valence-corrected chi connectivity index (χ3v) is 0.433. The summed E-state index contributed by atoms with van der Waals surface area (Å²) in [4.78, 5) is 0. The van der Waals surface area contributed by atoms with Crippen LogP contribution >= 0.6 is 37.2 Å². The van der Waals surface area contributed by atoms with Crippen molar-refractivity contribution in [3.63, 3.8) is 0 Å². The van der Waals surface area contributed by atoms with Crippen molar-refractivity contribution in [1.29, 1.82) is 0 Å². The van der Waals surface area contributed by atoms with Crippen molar-refractivity contribution in [2.45, 2.75) is 6.92 Å². The van der Waals surface area contributed by atoms with Gasteiger partial charge in [-0.1, -0.05) is 0 Å². The SMILES string of the molecule is CCO[Si].Cl.Cl.Cl. The minimum Gasteiger partial charge on any atom is -0.419 e. The van der Waals surface area contributed by atoms with Gasteiger partial charge in [0.2, 0.25) is 10.5 Å². The van der Waals surface area contributed by atoms with E-state index in [1.54, 1.807) is 0 Å². The Bertz CT molecular complexity index is 14.9. The highest BCUT2D eigenvalue weighted by atomic mass is 35.5. The molecule has 0 rings (SSSR count). The lowest BCUT2D eigenvalue weighted by Gasteiger charge is -1.75. The van der Waals surface area contributed by atoms with Gasteiger partial charge in [-0.3, -0.25) is 0 Å². The molecule has 0 aliphatic heterocycles. The van der Waals surface area contributed by atoms with E-state index in [0.717, 1.165) is 6.61 Å².